The summed E-state index contributed by atoms with van der Waals surface area (Å²) < 4.78 is 5.27. The molecule has 0 spiro atoms. The highest BCUT2D eigenvalue weighted by atomic mass is 16.6. The third kappa shape index (κ3) is 5.68. The fourth-order valence-electron chi connectivity index (χ4n) is 2.42. The van der Waals surface area contributed by atoms with Gasteiger partial charge in [0, 0.05) is 19.1 Å². The number of carbonyl (C=O) groups is 1. The maximum Gasteiger partial charge on any atom is 0.407 e. The van der Waals surface area contributed by atoms with Crippen LogP contribution >= 0.6 is 0 Å². The van der Waals surface area contributed by atoms with Crippen LogP contribution in [0.4, 0.5) is 4.79 Å². The van der Waals surface area contributed by atoms with Gasteiger partial charge >= 0.3 is 6.09 Å². The van der Waals surface area contributed by atoms with Gasteiger partial charge < -0.3 is 15.4 Å². The Hall–Kier alpha value is -1.55. The molecule has 2 rings (SSSR count). The fourth-order valence-corrected chi connectivity index (χ4v) is 2.42. The van der Waals surface area contributed by atoms with E-state index in [4.69, 9.17) is 4.74 Å². The lowest BCUT2D eigenvalue weighted by Crippen LogP contribution is -2.32. The van der Waals surface area contributed by atoms with Gasteiger partial charge in [0.25, 0.3) is 0 Å². The predicted octanol–water partition coefficient (Wildman–Crippen LogP) is 3.60. The molecule has 0 aromatic heterocycles. The van der Waals surface area contributed by atoms with Crippen LogP contribution in [-0.2, 0) is 17.8 Å². The van der Waals surface area contributed by atoms with Gasteiger partial charge in [-0.1, -0.05) is 24.3 Å². The summed E-state index contributed by atoms with van der Waals surface area (Å²) in [5.41, 5.74) is 1.89. The van der Waals surface area contributed by atoms with E-state index in [-0.39, 0.29) is 6.09 Å². The number of hydrogen-bond donors (Lipinski definition) is 2. The molecule has 1 aromatic rings. The first-order chi connectivity index (χ1) is 10.3. The smallest absolute Gasteiger partial charge is 0.407 e. The largest absolute Gasteiger partial charge is 0.444 e. The summed E-state index contributed by atoms with van der Waals surface area (Å²) >= 11 is 0. The Kier molecular flexibility index (Phi) is 5.46. The highest BCUT2D eigenvalue weighted by Crippen LogP contribution is 2.32. The van der Waals surface area contributed by atoms with Crippen molar-refractivity contribution in [3.63, 3.8) is 0 Å². The molecule has 0 heterocycles. The zero-order chi connectivity index (χ0) is 16.2. The van der Waals surface area contributed by atoms with Crippen molar-refractivity contribution in [1.82, 2.24) is 10.6 Å². The van der Waals surface area contributed by atoms with E-state index in [1.54, 1.807) is 0 Å². The van der Waals surface area contributed by atoms with E-state index in [1.165, 1.54) is 18.4 Å². The molecular formula is C18H28N2O2. The molecular weight excluding hydrogens is 276 g/mol. The van der Waals surface area contributed by atoms with Gasteiger partial charge in [-0.3, -0.25) is 0 Å². The fraction of sp³-hybridized carbons (Fsp3) is 0.611. The van der Waals surface area contributed by atoms with E-state index in [2.05, 4.69) is 29.7 Å². The molecule has 1 fully saturated rings. The van der Waals surface area contributed by atoms with Crippen LogP contribution in [0.1, 0.15) is 51.7 Å². The van der Waals surface area contributed by atoms with Crippen LogP contribution < -0.4 is 10.6 Å². The van der Waals surface area contributed by atoms with Crippen molar-refractivity contribution in [2.75, 3.05) is 0 Å². The Bertz CT molecular complexity index is 504. The minimum Gasteiger partial charge on any atom is -0.444 e. The summed E-state index contributed by atoms with van der Waals surface area (Å²) in [7, 11) is 0. The van der Waals surface area contributed by atoms with Crippen LogP contribution in [-0.4, -0.2) is 17.7 Å². The molecule has 122 valence electrons. The minimum atomic E-state index is -0.467. The van der Waals surface area contributed by atoms with Crippen LogP contribution in [0, 0.1) is 5.92 Å². The highest BCUT2D eigenvalue weighted by Gasteiger charge is 2.27. The highest BCUT2D eigenvalue weighted by molar-refractivity contribution is 5.67. The number of nitrogens with one attached hydrogen (secondary N) is 2. The quantitative estimate of drug-likeness (QED) is 0.844. The first kappa shape index (κ1) is 16.8. The second kappa shape index (κ2) is 7.14. The van der Waals surface area contributed by atoms with E-state index in [0.29, 0.717) is 12.6 Å². The van der Waals surface area contributed by atoms with Crippen molar-refractivity contribution in [3.8, 4) is 0 Å². The molecule has 0 saturated heterocycles. The summed E-state index contributed by atoms with van der Waals surface area (Å²) in [6, 6.07) is 8.76. The van der Waals surface area contributed by atoms with Crippen molar-refractivity contribution in [1.29, 1.82) is 0 Å². The van der Waals surface area contributed by atoms with Crippen molar-refractivity contribution >= 4 is 6.09 Å². The Morgan fingerprint density at radius 1 is 1.23 bits per heavy atom. The van der Waals surface area contributed by atoms with Crippen LogP contribution in [0.5, 0.6) is 0 Å². The Balaban J connectivity index is 1.86. The van der Waals surface area contributed by atoms with Gasteiger partial charge in [0.15, 0.2) is 0 Å². The van der Waals surface area contributed by atoms with Crippen LogP contribution in [0.15, 0.2) is 24.3 Å². The molecule has 1 aromatic carbocycles. The standard InChI is InChI=1S/C18H28N2O2/c1-13(14-9-10-14)19-11-15-7-5-6-8-16(15)12-20-17(21)22-18(2,3)4/h5-8,13-14,19H,9-12H2,1-4H3,(H,20,21). The predicted molar refractivity (Wildman–Crippen MR) is 88.5 cm³/mol. The Morgan fingerprint density at radius 3 is 2.36 bits per heavy atom. The molecule has 4 heteroatoms. The molecule has 1 amide bonds. The van der Waals surface area contributed by atoms with Gasteiger partial charge in [0.05, 0.1) is 0 Å². The summed E-state index contributed by atoms with van der Waals surface area (Å²) in [5.74, 6) is 0.840. The number of hydrogen-bond acceptors (Lipinski definition) is 3. The zero-order valence-electron chi connectivity index (χ0n) is 14.1. The number of amides is 1. The summed E-state index contributed by atoms with van der Waals surface area (Å²) in [4.78, 5) is 11.8. The van der Waals surface area contributed by atoms with E-state index in [0.717, 1.165) is 18.0 Å². The molecule has 1 saturated carbocycles. The summed E-state index contributed by atoms with van der Waals surface area (Å²) in [5, 5.41) is 6.41. The molecule has 1 unspecified atom stereocenters. The van der Waals surface area contributed by atoms with Crippen molar-refractivity contribution < 1.29 is 9.53 Å². The van der Waals surface area contributed by atoms with E-state index >= 15 is 0 Å². The van der Waals surface area contributed by atoms with E-state index in [9.17, 15) is 4.79 Å². The van der Waals surface area contributed by atoms with Gasteiger partial charge in [-0.05, 0) is 57.6 Å². The molecule has 0 aliphatic heterocycles. The first-order valence-corrected chi connectivity index (χ1v) is 8.12. The van der Waals surface area contributed by atoms with Crippen molar-refractivity contribution in [2.24, 2.45) is 5.92 Å². The lowest BCUT2D eigenvalue weighted by atomic mass is 10.1. The third-order valence-electron chi connectivity index (χ3n) is 3.88. The molecule has 4 nitrogen and oxygen atoms in total. The number of alkyl carbamates (subject to hydrolysis) is 1. The van der Waals surface area contributed by atoms with Crippen LogP contribution in [0.25, 0.3) is 0 Å². The Morgan fingerprint density at radius 2 is 1.82 bits per heavy atom. The molecule has 1 aliphatic rings. The second-order valence-corrected chi connectivity index (χ2v) is 7.13. The number of carbonyl (C=O) groups excluding carboxylic acids is 1. The van der Waals surface area contributed by atoms with Crippen LogP contribution in [0.3, 0.4) is 0 Å². The monoisotopic (exact) mass is 304 g/mol. The molecule has 0 radical (unpaired) electrons. The van der Waals surface area contributed by atoms with Gasteiger partial charge in [-0.2, -0.15) is 0 Å². The van der Waals surface area contributed by atoms with E-state index in [1.807, 2.05) is 32.9 Å². The number of benzene rings is 1. The zero-order valence-corrected chi connectivity index (χ0v) is 14.1. The lowest BCUT2D eigenvalue weighted by molar-refractivity contribution is 0.0523. The lowest BCUT2D eigenvalue weighted by Gasteiger charge is -2.20. The number of rotatable bonds is 6. The molecule has 1 aliphatic carbocycles. The van der Waals surface area contributed by atoms with E-state index < -0.39 is 5.60 Å². The Labute approximate surface area is 133 Å². The summed E-state index contributed by atoms with van der Waals surface area (Å²) in [6.45, 7) is 9.17. The van der Waals surface area contributed by atoms with Gasteiger partial charge in [-0.15, -0.1) is 0 Å². The number of ether oxygens (including phenoxy) is 1. The van der Waals surface area contributed by atoms with Crippen molar-refractivity contribution in [2.45, 2.75) is 65.3 Å². The minimum absolute atomic E-state index is 0.374. The summed E-state index contributed by atoms with van der Waals surface area (Å²) in [6.07, 6.45) is 2.31. The van der Waals surface area contributed by atoms with Crippen molar-refractivity contribution in [3.05, 3.63) is 35.4 Å². The van der Waals surface area contributed by atoms with Gasteiger partial charge in [0.2, 0.25) is 0 Å². The average Bonchev–Trinajstić information content (AvgIpc) is 3.26. The van der Waals surface area contributed by atoms with Crippen LogP contribution in [0.2, 0.25) is 0 Å². The molecule has 2 N–H and O–H groups in total. The maximum atomic E-state index is 11.8. The first-order valence-electron chi connectivity index (χ1n) is 8.12. The SMILES string of the molecule is CC(NCc1ccccc1CNC(=O)OC(C)(C)C)C1CC1. The van der Waals surface area contributed by atoms with Gasteiger partial charge in [0.1, 0.15) is 5.60 Å². The second-order valence-electron chi connectivity index (χ2n) is 7.13. The third-order valence-corrected chi connectivity index (χ3v) is 3.88. The molecule has 1 atom stereocenters. The normalized spacial score (nSPS) is 16.2. The molecule has 0 bridgehead atoms. The average molecular weight is 304 g/mol. The maximum absolute atomic E-state index is 11.8. The van der Waals surface area contributed by atoms with Gasteiger partial charge in [-0.25, -0.2) is 4.79 Å². The molecule has 22 heavy (non-hydrogen) atoms. The topological polar surface area (TPSA) is 50.4 Å².